The molecule has 0 aliphatic carbocycles. The first-order valence-electron chi connectivity index (χ1n) is 5.64. The van der Waals surface area contributed by atoms with Gasteiger partial charge in [0.05, 0.1) is 5.69 Å². The van der Waals surface area contributed by atoms with Crippen molar-refractivity contribution in [1.29, 1.82) is 0 Å². The highest BCUT2D eigenvalue weighted by atomic mass is 16.7. The fraction of sp³-hybridized carbons (Fsp3) is 0.500. The fourth-order valence-corrected chi connectivity index (χ4v) is 2.44. The van der Waals surface area contributed by atoms with Gasteiger partial charge in [-0.05, 0) is 12.8 Å². The van der Waals surface area contributed by atoms with Crippen LogP contribution in [0.2, 0.25) is 0 Å². The van der Waals surface area contributed by atoms with Crippen LogP contribution in [-0.2, 0) is 6.42 Å². The highest BCUT2D eigenvalue weighted by Crippen LogP contribution is 2.47. The molecular weight excluding hydrogens is 204 g/mol. The van der Waals surface area contributed by atoms with E-state index in [0.717, 1.165) is 30.2 Å². The van der Waals surface area contributed by atoms with E-state index in [9.17, 15) is 0 Å². The molecule has 0 spiro atoms. The van der Waals surface area contributed by atoms with E-state index in [0.29, 0.717) is 6.79 Å². The van der Waals surface area contributed by atoms with Gasteiger partial charge in [0, 0.05) is 38.0 Å². The zero-order valence-corrected chi connectivity index (χ0v) is 9.67. The third kappa shape index (κ3) is 1.29. The van der Waals surface area contributed by atoms with Gasteiger partial charge in [-0.1, -0.05) is 0 Å². The predicted octanol–water partition coefficient (Wildman–Crippen LogP) is 1.84. The first-order chi connectivity index (χ1) is 7.77. The average molecular weight is 220 g/mol. The minimum atomic E-state index is 0.332. The molecule has 4 nitrogen and oxygen atoms in total. The molecule has 1 N–H and O–H groups in total. The number of nitrogens with one attached hydrogen (secondary N) is 1. The summed E-state index contributed by atoms with van der Waals surface area (Å²) in [7, 11) is 4.10. The third-order valence-electron chi connectivity index (χ3n) is 3.11. The molecular formula is C12H16N2O2. The van der Waals surface area contributed by atoms with Gasteiger partial charge in [0.25, 0.3) is 0 Å². The lowest BCUT2D eigenvalue weighted by Crippen LogP contribution is -2.18. The lowest BCUT2D eigenvalue weighted by molar-refractivity contribution is 0.174. The Bertz CT molecular complexity index is 430. The van der Waals surface area contributed by atoms with Crippen LogP contribution in [0, 0.1) is 0 Å². The minimum absolute atomic E-state index is 0.332. The Kier molecular flexibility index (Phi) is 2.09. The summed E-state index contributed by atoms with van der Waals surface area (Å²) < 4.78 is 11.0. The second-order valence-electron chi connectivity index (χ2n) is 4.41. The number of ether oxygens (including phenoxy) is 2. The molecule has 0 atom stereocenters. The van der Waals surface area contributed by atoms with Crippen molar-refractivity contribution in [3.63, 3.8) is 0 Å². The van der Waals surface area contributed by atoms with Crippen molar-refractivity contribution in [3.8, 4) is 11.5 Å². The van der Waals surface area contributed by atoms with Gasteiger partial charge in [0.15, 0.2) is 11.5 Å². The molecule has 0 unspecified atom stereocenters. The molecule has 86 valence electrons. The Morgan fingerprint density at radius 2 is 2.19 bits per heavy atom. The quantitative estimate of drug-likeness (QED) is 0.783. The van der Waals surface area contributed by atoms with E-state index >= 15 is 0 Å². The van der Waals surface area contributed by atoms with Crippen molar-refractivity contribution >= 4 is 11.4 Å². The van der Waals surface area contributed by atoms with E-state index < -0.39 is 0 Å². The summed E-state index contributed by atoms with van der Waals surface area (Å²) >= 11 is 0. The SMILES string of the molecule is CN(C)c1c2c(cc3c1OCO3)NCCC2. The van der Waals surface area contributed by atoms with Crippen LogP contribution in [0.1, 0.15) is 12.0 Å². The lowest BCUT2D eigenvalue weighted by Gasteiger charge is -2.25. The Morgan fingerprint density at radius 3 is 3.00 bits per heavy atom. The van der Waals surface area contributed by atoms with Gasteiger partial charge in [0.2, 0.25) is 6.79 Å². The normalized spacial score (nSPS) is 16.6. The van der Waals surface area contributed by atoms with Crippen molar-refractivity contribution in [2.24, 2.45) is 0 Å². The summed E-state index contributed by atoms with van der Waals surface area (Å²) in [5.74, 6) is 1.75. The Balaban J connectivity index is 2.21. The maximum absolute atomic E-state index is 5.57. The van der Waals surface area contributed by atoms with Crippen molar-refractivity contribution in [2.45, 2.75) is 12.8 Å². The van der Waals surface area contributed by atoms with E-state index in [2.05, 4.69) is 16.3 Å². The maximum atomic E-state index is 5.57. The Morgan fingerprint density at radius 1 is 1.31 bits per heavy atom. The summed E-state index contributed by atoms with van der Waals surface area (Å²) in [5, 5.41) is 3.43. The lowest BCUT2D eigenvalue weighted by atomic mass is 9.99. The maximum Gasteiger partial charge on any atom is 0.231 e. The molecule has 2 aliphatic heterocycles. The van der Waals surface area contributed by atoms with Gasteiger partial charge in [-0.15, -0.1) is 0 Å². The van der Waals surface area contributed by atoms with Crippen LogP contribution < -0.4 is 19.7 Å². The second-order valence-corrected chi connectivity index (χ2v) is 4.41. The van der Waals surface area contributed by atoms with Crippen LogP contribution in [0.4, 0.5) is 11.4 Å². The van der Waals surface area contributed by atoms with Crippen LogP contribution in [0.3, 0.4) is 0 Å². The molecule has 16 heavy (non-hydrogen) atoms. The molecule has 0 fully saturated rings. The summed E-state index contributed by atoms with van der Waals surface area (Å²) in [6.07, 6.45) is 2.28. The van der Waals surface area contributed by atoms with Crippen LogP contribution >= 0.6 is 0 Å². The van der Waals surface area contributed by atoms with E-state index in [1.54, 1.807) is 0 Å². The first-order valence-corrected chi connectivity index (χ1v) is 5.64. The van der Waals surface area contributed by atoms with E-state index in [-0.39, 0.29) is 0 Å². The summed E-state index contributed by atoms with van der Waals surface area (Å²) in [5.41, 5.74) is 3.71. The van der Waals surface area contributed by atoms with Gasteiger partial charge in [-0.2, -0.15) is 0 Å². The smallest absolute Gasteiger partial charge is 0.231 e. The van der Waals surface area contributed by atoms with Crippen LogP contribution in [-0.4, -0.2) is 27.4 Å². The third-order valence-corrected chi connectivity index (χ3v) is 3.11. The molecule has 0 saturated carbocycles. The number of hydrogen-bond acceptors (Lipinski definition) is 4. The highest BCUT2D eigenvalue weighted by Gasteiger charge is 2.26. The molecule has 0 saturated heterocycles. The highest BCUT2D eigenvalue weighted by molar-refractivity contribution is 5.78. The van der Waals surface area contributed by atoms with Crippen LogP contribution in [0.25, 0.3) is 0 Å². The Labute approximate surface area is 95.1 Å². The average Bonchev–Trinajstić information content (AvgIpc) is 2.72. The van der Waals surface area contributed by atoms with Crippen molar-refractivity contribution < 1.29 is 9.47 Å². The second kappa shape index (κ2) is 3.47. The minimum Gasteiger partial charge on any atom is -0.453 e. The van der Waals surface area contributed by atoms with Crippen molar-refractivity contribution in [1.82, 2.24) is 0 Å². The molecule has 0 radical (unpaired) electrons. The number of fused-ring (bicyclic) bond motifs is 2. The number of anilines is 2. The number of benzene rings is 1. The predicted molar refractivity (Wildman–Crippen MR) is 63.7 cm³/mol. The zero-order valence-electron chi connectivity index (χ0n) is 9.67. The van der Waals surface area contributed by atoms with Gasteiger partial charge in [-0.3, -0.25) is 0 Å². The molecule has 3 rings (SSSR count). The summed E-state index contributed by atoms with van der Waals surface area (Å²) in [6, 6.07) is 2.06. The summed E-state index contributed by atoms with van der Waals surface area (Å²) in [4.78, 5) is 2.11. The van der Waals surface area contributed by atoms with Gasteiger partial charge >= 0.3 is 0 Å². The van der Waals surface area contributed by atoms with Gasteiger partial charge < -0.3 is 19.7 Å². The molecule has 0 amide bonds. The molecule has 0 bridgehead atoms. The largest absolute Gasteiger partial charge is 0.453 e. The number of rotatable bonds is 1. The monoisotopic (exact) mass is 220 g/mol. The van der Waals surface area contributed by atoms with Crippen molar-refractivity contribution in [2.75, 3.05) is 37.6 Å². The van der Waals surface area contributed by atoms with E-state index in [1.165, 1.54) is 17.7 Å². The molecule has 0 aromatic heterocycles. The van der Waals surface area contributed by atoms with Gasteiger partial charge in [-0.25, -0.2) is 0 Å². The Hall–Kier alpha value is -1.58. The van der Waals surface area contributed by atoms with Crippen molar-refractivity contribution in [3.05, 3.63) is 11.6 Å². The molecule has 1 aromatic rings. The van der Waals surface area contributed by atoms with Gasteiger partial charge in [0.1, 0.15) is 0 Å². The topological polar surface area (TPSA) is 33.7 Å². The molecule has 1 aromatic carbocycles. The molecule has 2 aliphatic rings. The number of hydrogen-bond donors (Lipinski definition) is 1. The summed E-state index contributed by atoms with van der Waals surface area (Å²) in [6.45, 7) is 1.37. The standard InChI is InChI=1S/C12H16N2O2/c1-14(2)11-8-4-3-5-13-9(8)6-10-12(11)16-7-15-10/h6,13H,3-5,7H2,1-2H3. The van der Waals surface area contributed by atoms with E-state index in [4.69, 9.17) is 9.47 Å². The number of nitrogens with zero attached hydrogens (tertiary/aromatic N) is 1. The zero-order chi connectivity index (χ0) is 11.1. The first kappa shape index (κ1) is 9.63. The van der Waals surface area contributed by atoms with Crippen LogP contribution in [0.5, 0.6) is 11.5 Å². The van der Waals surface area contributed by atoms with Crippen LogP contribution in [0.15, 0.2) is 6.07 Å². The fourth-order valence-electron chi connectivity index (χ4n) is 2.44. The molecule has 4 heteroatoms. The van der Waals surface area contributed by atoms with E-state index in [1.807, 2.05) is 14.1 Å². The molecule has 2 heterocycles.